The monoisotopic (exact) mass is 363 g/mol. The number of nitrogens with one attached hydrogen (secondary N) is 3. The van der Waals surface area contributed by atoms with Crippen LogP contribution in [0.2, 0.25) is 0 Å². The molecule has 138 valence electrons. The van der Waals surface area contributed by atoms with Gasteiger partial charge in [-0.2, -0.15) is 10.2 Å². The quantitative estimate of drug-likeness (QED) is 0.507. The number of para-hydroxylation sites is 2. The minimum Gasteiger partial charge on any atom is -0.344 e. The number of fused-ring (bicyclic) bond motifs is 1. The molecule has 4 aromatic rings. The highest BCUT2D eigenvalue weighted by Gasteiger charge is 2.19. The molecule has 0 saturated heterocycles. The van der Waals surface area contributed by atoms with Crippen molar-refractivity contribution in [3.8, 4) is 0 Å². The SMILES string of the molecule is Cc1n[nH]c(C)c1[C@@H](C)NC(=O)c1cc(Cn2cnc3ccccc32)[nH]n1. The van der Waals surface area contributed by atoms with Gasteiger partial charge in [-0.1, -0.05) is 12.1 Å². The molecule has 0 fully saturated rings. The maximum atomic E-state index is 12.6. The second-order valence-electron chi connectivity index (χ2n) is 6.68. The number of carbonyl (C=O) groups excluding carboxylic acids is 1. The second-order valence-corrected chi connectivity index (χ2v) is 6.68. The van der Waals surface area contributed by atoms with Crippen LogP contribution in [-0.4, -0.2) is 35.9 Å². The zero-order valence-electron chi connectivity index (χ0n) is 15.4. The van der Waals surface area contributed by atoms with Crippen molar-refractivity contribution in [2.45, 2.75) is 33.4 Å². The number of aromatic amines is 2. The highest BCUT2D eigenvalue weighted by molar-refractivity contribution is 5.92. The van der Waals surface area contributed by atoms with E-state index in [9.17, 15) is 4.79 Å². The number of nitrogens with zero attached hydrogens (tertiary/aromatic N) is 4. The fourth-order valence-corrected chi connectivity index (χ4v) is 3.42. The number of aryl methyl sites for hydroxylation is 2. The molecular weight excluding hydrogens is 342 g/mol. The molecule has 27 heavy (non-hydrogen) atoms. The van der Waals surface area contributed by atoms with E-state index in [-0.39, 0.29) is 11.9 Å². The number of amides is 1. The molecule has 0 saturated carbocycles. The molecule has 3 aromatic heterocycles. The van der Waals surface area contributed by atoms with E-state index in [1.807, 2.05) is 49.6 Å². The van der Waals surface area contributed by atoms with Gasteiger partial charge in [-0.15, -0.1) is 0 Å². The van der Waals surface area contributed by atoms with Crippen LogP contribution in [-0.2, 0) is 6.54 Å². The predicted octanol–water partition coefficient (Wildman–Crippen LogP) is 2.64. The number of benzene rings is 1. The van der Waals surface area contributed by atoms with Crippen LogP contribution < -0.4 is 5.32 Å². The summed E-state index contributed by atoms with van der Waals surface area (Å²) in [6.45, 7) is 6.37. The van der Waals surface area contributed by atoms with E-state index in [0.29, 0.717) is 12.2 Å². The van der Waals surface area contributed by atoms with Crippen molar-refractivity contribution in [3.05, 3.63) is 65.0 Å². The molecule has 0 unspecified atom stereocenters. The summed E-state index contributed by atoms with van der Waals surface area (Å²) in [7, 11) is 0. The molecule has 3 heterocycles. The van der Waals surface area contributed by atoms with E-state index in [1.165, 1.54) is 0 Å². The van der Waals surface area contributed by atoms with Gasteiger partial charge in [-0.05, 0) is 39.0 Å². The third-order valence-electron chi connectivity index (χ3n) is 4.70. The first kappa shape index (κ1) is 17.0. The van der Waals surface area contributed by atoms with E-state index >= 15 is 0 Å². The smallest absolute Gasteiger partial charge is 0.272 e. The highest BCUT2D eigenvalue weighted by Crippen LogP contribution is 2.19. The Morgan fingerprint density at radius 2 is 2.04 bits per heavy atom. The lowest BCUT2D eigenvalue weighted by Gasteiger charge is -2.13. The van der Waals surface area contributed by atoms with Crippen LogP contribution in [0, 0.1) is 13.8 Å². The van der Waals surface area contributed by atoms with Crippen molar-refractivity contribution in [1.82, 2.24) is 35.3 Å². The molecule has 0 aliphatic rings. The van der Waals surface area contributed by atoms with E-state index in [0.717, 1.165) is 33.7 Å². The number of imidazole rings is 1. The van der Waals surface area contributed by atoms with Crippen LogP contribution in [0.1, 0.15) is 46.1 Å². The van der Waals surface area contributed by atoms with Gasteiger partial charge in [-0.3, -0.25) is 15.0 Å². The lowest BCUT2D eigenvalue weighted by molar-refractivity contribution is 0.0934. The molecule has 0 bridgehead atoms. The third kappa shape index (κ3) is 3.21. The van der Waals surface area contributed by atoms with Crippen molar-refractivity contribution in [1.29, 1.82) is 0 Å². The van der Waals surface area contributed by atoms with Gasteiger partial charge in [0.2, 0.25) is 0 Å². The van der Waals surface area contributed by atoms with Gasteiger partial charge in [0.1, 0.15) is 5.69 Å². The summed E-state index contributed by atoms with van der Waals surface area (Å²) in [5.41, 5.74) is 6.02. The molecule has 4 rings (SSSR count). The van der Waals surface area contributed by atoms with Gasteiger partial charge < -0.3 is 9.88 Å². The van der Waals surface area contributed by atoms with E-state index < -0.39 is 0 Å². The molecule has 0 radical (unpaired) electrons. The lowest BCUT2D eigenvalue weighted by atomic mass is 10.1. The number of hydrogen-bond donors (Lipinski definition) is 3. The number of hydrogen-bond acceptors (Lipinski definition) is 4. The van der Waals surface area contributed by atoms with Gasteiger partial charge in [0.05, 0.1) is 41.3 Å². The number of carbonyl (C=O) groups is 1. The standard InChI is InChI=1S/C19H21N7O/c1-11(18-12(2)22-23-13(18)3)21-19(27)16-8-14(24-25-16)9-26-10-20-15-6-4-5-7-17(15)26/h4-8,10-11H,9H2,1-3H3,(H,21,27)(H,22,23)(H,24,25)/t11-/m1/s1. The molecule has 1 amide bonds. The fraction of sp³-hybridized carbons (Fsp3) is 0.263. The van der Waals surface area contributed by atoms with Crippen LogP contribution in [0.4, 0.5) is 0 Å². The first-order chi connectivity index (χ1) is 13.0. The zero-order chi connectivity index (χ0) is 19.0. The van der Waals surface area contributed by atoms with Crippen molar-refractivity contribution in [2.24, 2.45) is 0 Å². The Kier molecular flexibility index (Phi) is 4.23. The molecule has 8 nitrogen and oxygen atoms in total. The fourth-order valence-electron chi connectivity index (χ4n) is 3.42. The van der Waals surface area contributed by atoms with Gasteiger partial charge in [0.15, 0.2) is 0 Å². The van der Waals surface area contributed by atoms with Crippen molar-refractivity contribution < 1.29 is 4.79 Å². The molecule has 1 atom stereocenters. The maximum Gasteiger partial charge on any atom is 0.272 e. The summed E-state index contributed by atoms with van der Waals surface area (Å²) in [6, 6.07) is 9.54. The van der Waals surface area contributed by atoms with Crippen molar-refractivity contribution in [3.63, 3.8) is 0 Å². The molecule has 0 spiro atoms. The Morgan fingerprint density at radius 1 is 1.22 bits per heavy atom. The summed E-state index contributed by atoms with van der Waals surface area (Å²) in [5, 5.41) is 17.2. The summed E-state index contributed by atoms with van der Waals surface area (Å²) in [5.74, 6) is -0.222. The lowest BCUT2D eigenvalue weighted by Crippen LogP contribution is -2.27. The number of aromatic nitrogens is 6. The Hall–Kier alpha value is -3.42. The molecule has 8 heteroatoms. The van der Waals surface area contributed by atoms with Crippen LogP contribution >= 0.6 is 0 Å². The van der Waals surface area contributed by atoms with Crippen molar-refractivity contribution >= 4 is 16.9 Å². The molecular formula is C19H21N7O. The molecule has 3 N–H and O–H groups in total. The Morgan fingerprint density at radius 3 is 2.81 bits per heavy atom. The Bertz CT molecular complexity index is 1080. The van der Waals surface area contributed by atoms with Gasteiger partial charge in [0, 0.05) is 11.3 Å². The van der Waals surface area contributed by atoms with E-state index in [2.05, 4.69) is 30.7 Å². The summed E-state index contributed by atoms with van der Waals surface area (Å²) < 4.78 is 2.02. The number of H-pyrrole nitrogens is 2. The first-order valence-electron chi connectivity index (χ1n) is 8.79. The molecule has 0 aliphatic heterocycles. The van der Waals surface area contributed by atoms with Crippen LogP contribution in [0.5, 0.6) is 0 Å². The normalized spacial score (nSPS) is 12.4. The Balaban J connectivity index is 1.48. The van der Waals surface area contributed by atoms with Crippen molar-refractivity contribution in [2.75, 3.05) is 0 Å². The zero-order valence-corrected chi connectivity index (χ0v) is 15.4. The summed E-state index contributed by atoms with van der Waals surface area (Å²) in [4.78, 5) is 16.9. The van der Waals surface area contributed by atoms with Crippen LogP contribution in [0.15, 0.2) is 36.7 Å². The molecule has 0 aliphatic carbocycles. The minimum absolute atomic E-state index is 0.158. The average molecular weight is 363 g/mol. The van der Waals surface area contributed by atoms with Gasteiger partial charge in [-0.25, -0.2) is 4.98 Å². The third-order valence-corrected chi connectivity index (χ3v) is 4.70. The predicted molar refractivity (Wildman–Crippen MR) is 101 cm³/mol. The topological polar surface area (TPSA) is 104 Å². The first-order valence-corrected chi connectivity index (χ1v) is 8.79. The van der Waals surface area contributed by atoms with Gasteiger partial charge >= 0.3 is 0 Å². The highest BCUT2D eigenvalue weighted by atomic mass is 16.2. The maximum absolute atomic E-state index is 12.6. The van der Waals surface area contributed by atoms with E-state index in [1.54, 1.807) is 12.4 Å². The largest absolute Gasteiger partial charge is 0.344 e. The number of rotatable bonds is 5. The second kappa shape index (κ2) is 6.71. The molecule has 1 aromatic carbocycles. The Labute approximate surface area is 156 Å². The minimum atomic E-state index is -0.222. The van der Waals surface area contributed by atoms with Crippen LogP contribution in [0.25, 0.3) is 11.0 Å². The van der Waals surface area contributed by atoms with Crippen LogP contribution in [0.3, 0.4) is 0 Å². The summed E-state index contributed by atoms with van der Waals surface area (Å²) >= 11 is 0. The van der Waals surface area contributed by atoms with Gasteiger partial charge in [0.25, 0.3) is 5.91 Å². The summed E-state index contributed by atoms with van der Waals surface area (Å²) in [6.07, 6.45) is 1.79. The van der Waals surface area contributed by atoms with E-state index in [4.69, 9.17) is 0 Å². The average Bonchev–Trinajstić information content (AvgIpc) is 3.35.